The largest absolute Gasteiger partial charge is 0.454 e. The number of allylic oxidation sites excluding steroid dienone is 12. The topological polar surface area (TPSA) is 43.9 Å². The van der Waals surface area contributed by atoms with Crippen LogP contribution in [0.2, 0.25) is 0 Å². The van der Waals surface area contributed by atoms with Crippen molar-refractivity contribution >= 4 is 65.9 Å². The number of nitrogens with zero attached hydrogens (tertiary/aromatic N) is 3. The Hall–Kier alpha value is -5.74. The van der Waals surface area contributed by atoms with Crippen LogP contribution in [0.15, 0.2) is 149 Å². The molecule has 4 aromatic carbocycles. The van der Waals surface area contributed by atoms with Gasteiger partial charge >= 0.3 is 0 Å². The van der Waals surface area contributed by atoms with Crippen molar-refractivity contribution < 1.29 is 4.42 Å². The molecule has 3 aliphatic rings. The van der Waals surface area contributed by atoms with Crippen LogP contribution in [0.4, 0.5) is 0 Å². The van der Waals surface area contributed by atoms with Gasteiger partial charge in [-0.3, -0.25) is 0 Å². The van der Waals surface area contributed by atoms with Gasteiger partial charge in [0, 0.05) is 38.5 Å². The van der Waals surface area contributed by atoms with Gasteiger partial charge in [0.05, 0.1) is 22.2 Å². The van der Waals surface area contributed by atoms with Gasteiger partial charge in [0.15, 0.2) is 5.58 Å². The van der Waals surface area contributed by atoms with Crippen molar-refractivity contribution in [1.29, 1.82) is 0 Å². The monoisotopic (exact) mass is 619 g/mol. The molecule has 0 amide bonds. The van der Waals surface area contributed by atoms with Crippen molar-refractivity contribution in [3.8, 4) is 0 Å². The number of rotatable bonds is 4. The van der Waals surface area contributed by atoms with E-state index in [4.69, 9.17) is 14.4 Å². The quantitative estimate of drug-likeness (QED) is 0.197. The van der Waals surface area contributed by atoms with Crippen molar-refractivity contribution in [2.75, 3.05) is 0 Å². The highest BCUT2D eigenvalue weighted by Crippen LogP contribution is 2.42. The molecule has 0 bridgehead atoms. The second-order valence-electron chi connectivity index (χ2n) is 13.1. The summed E-state index contributed by atoms with van der Waals surface area (Å²) in [5, 5.41) is 5.84. The van der Waals surface area contributed by atoms with Gasteiger partial charge < -0.3 is 8.98 Å². The van der Waals surface area contributed by atoms with Crippen LogP contribution in [0.1, 0.15) is 49.5 Å². The smallest absolute Gasteiger partial charge is 0.160 e. The maximum Gasteiger partial charge on any atom is 0.160 e. The van der Waals surface area contributed by atoms with Crippen LogP contribution in [-0.2, 0) is 0 Å². The molecule has 0 spiro atoms. The molecule has 1 atom stereocenters. The summed E-state index contributed by atoms with van der Waals surface area (Å²) in [5.41, 5.74) is 11.6. The molecule has 3 aromatic heterocycles. The Morgan fingerprint density at radius 3 is 2.27 bits per heavy atom. The van der Waals surface area contributed by atoms with E-state index in [1.807, 2.05) is 6.07 Å². The van der Waals surface area contributed by atoms with E-state index in [2.05, 4.69) is 132 Å². The third-order valence-electron chi connectivity index (χ3n) is 10.3. The van der Waals surface area contributed by atoms with Crippen LogP contribution >= 0.6 is 0 Å². The number of para-hydroxylation sites is 3. The van der Waals surface area contributed by atoms with Crippen molar-refractivity contribution in [1.82, 2.24) is 14.5 Å². The lowest BCUT2D eigenvalue weighted by Crippen LogP contribution is -2.09. The minimum atomic E-state index is 0.0888. The molecule has 0 fully saturated rings. The average Bonchev–Trinajstić information content (AvgIpc) is 3.71. The second-order valence-corrected chi connectivity index (χ2v) is 13.1. The Labute approximate surface area is 278 Å². The maximum atomic E-state index is 6.56. The summed E-state index contributed by atoms with van der Waals surface area (Å²) >= 11 is 0. The Balaban J connectivity index is 1.05. The van der Waals surface area contributed by atoms with Crippen LogP contribution in [0.5, 0.6) is 0 Å². The summed E-state index contributed by atoms with van der Waals surface area (Å²) < 4.78 is 8.94. The lowest BCUT2D eigenvalue weighted by molar-refractivity contribution is 0.671. The van der Waals surface area contributed by atoms with Gasteiger partial charge in [-0.05, 0) is 79.2 Å². The predicted molar refractivity (Wildman–Crippen MR) is 199 cm³/mol. The molecule has 48 heavy (non-hydrogen) atoms. The fourth-order valence-corrected chi connectivity index (χ4v) is 7.94. The summed E-state index contributed by atoms with van der Waals surface area (Å²) in [6.07, 6.45) is 23.3. The molecular weight excluding hydrogens is 587 g/mol. The lowest BCUT2D eigenvalue weighted by atomic mass is 9.87. The number of fused-ring (bicyclic) bond motifs is 8. The molecular formula is C44H33N3O. The van der Waals surface area contributed by atoms with Crippen LogP contribution in [-0.4, -0.2) is 14.5 Å². The highest BCUT2D eigenvalue weighted by molar-refractivity contribution is 6.22. The van der Waals surface area contributed by atoms with Crippen molar-refractivity contribution in [2.45, 2.75) is 38.0 Å². The normalized spacial score (nSPS) is 18.1. The molecule has 230 valence electrons. The second kappa shape index (κ2) is 10.9. The molecule has 4 heteroatoms. The summed E-state index contributed by atoms with van der Waals surface area (Å²) in [6.45, 7) is 0. The molecule has 3 aliphatic carbocycles. The Morgan fingerprint density at radius 1 is 0.667 bits per heavy atom. The Morgan fingerprint density at radius 2 is 1.44 bits per heavy atom. The van der Waals surface area contributed by atoms with Gasteiger partial charge in [-0.25, -0.2) is 9.97 Å². The fourth-order valence-electron chi connectivity index (χ4n) is 7.94. The Kier molecular flexibility index (Phi) is 6.23. The maximum absolute atomic E-state index is 6.56. The van der Waals surface area contributed by atoms with E-state index in [9.17, 15) is 0 Å². The predicted octanol–water partition coefficient (Wildman–Crippen LogP) is 11.6. The number of aromatic nitrogens is 3. The minimum Gasteiger partial charge on any atom is -0.454 e. The molecule has 3 heterocycles. The first-order chi connectivity index (χ1) is 23.8. The van der Waals surface area contributed by atoms with Crippen molar-refractivity contribution in [3.63, 3.8) is 0 Å². The van der Waals surface area contributed by atoms with Crippen LogP contribution in [0, 0.1) is 0 Å². The van der Waals surface area contributed by atoms with Gasteiger partial charge in [0.2, 0.25) is 0 Å². The molecule has 0 N–H and O–H groups in total. The number of benzene rings is 4. The first kappa shape index (κ1) is 27.4. The van der Waals surface area contributed by atoms with E-state index in [-0.39, 0.29) is 5.92 Å². The highest BCUT2D eigenvalue weighted by atomic mass is 16.3. The SMILES string of the molecule is C1=CCCC(C2=CC=C(c3nc(C4C=CC(n5c6ccccc6c6ccc7c8ccccc8oc7c65)=CC4)nc4ccccc34)CC2)=C1. The van der Waals surface area contributed by atoms with Gasteiger partial charge in [-0.2, -0.15) is 0 Å². The summed E-state index contributed by atoms with van der Waals surface area (Å²) in [7, 11) is 0. The molecule has 0 radical (unpaired) electrons. The number of hydrogen-bond donors (Lipinski definition) is 0. The summed E-state index contributed by atoms with van der Waals surface area (Å²) in [5.74, 6) is 0.971. The van der Waals surface area contributed by atoms with Gasteiger partial charge in [-0.15, -0.1) is 0 Å². The Bertz CT molecular complexity index is 2650. The third kappa shape index (κ3) is 4.29. The highest BCUT2D eigenvalue weighted by Gasteiger charge is 2.23. The van der Waals surface area contributed by atoms with E-state index < -0.39 is 0 Å². The molecule has 7 aromatic rings. The van der Waals surface area contributed by atoms with Crippen LogP contribution < -0.4 is 0 Å². The standard InChI is InChI=1S/C44H33N3O/c1-2-10-28(11-3-1)29-18-20-30(21-19-29)41-37-14-4-7-15-38(37)45-44(46-41)31-22-24-32(25-23-31)47-39-16-8-5-12-33(39)35-26-27-36-34-13-6-9-17-40(34)48-43(36)42(35)47/h1-2,4-10,12-18,20,22,24-27,31H,3,11,19,21,23H2. The summed E-state index contributed by atoms with van der Waals surface area (Å²) in [4.78, 5) is 10.4. The molecule has 0 saturated heterocycles. The molecule has 4 nitrogen and oxygen atoms in total. The first-order valence-corrected chi connectivity index (χ1v) is 17.1. The van der Waals surface area contributed by atoms with Crippen molar-refractivity contribution in [2.24, 2.45) is 0 Å². The molecule has 0 saturated carbocycles. The van der Waals surface area contributed by atoms with E-state index >= 15 is 0 Å². The van der Waals surface area contributed by atoms with Crippen LogP contribution in [0.3, 0.4) is 0 Å². The van der Waals surface area contributed by atoms with E-state index in [1.54, 1.807) is 0 Å². The summed E-state index contributed by atoms with van der Waals surface area (Å²) in [6, 6.07) is 29.9. The van der Waals surface area contributed by atoms with Crippen LogP contribution in [0.25, 0.3) is 65.9 Å². The zero-order valence-electron chi connectivity index (χ0n) is 26.6. The van der Waals surface area contributed by atoms with Gasteiger partial charge in [-0.1, -0.05) is 103 Å². The number of hydrogen-bond acceptors (Lipinski definition) is 3. The fraction of sp³-hybridized carbons (Fsp3) is 0.136. The van der Waals surface area contributed by atoms with E-state index in [0.29, 0.717) is 0 Å². The van der Waals surface area contributed by atoms with E-state index in [0.717, 1.165) is 87.7 Å². The zero-order chi connectivity index (χ0) is 31.6. The number of furan rings is 1. The van der Waals surface area contributed by atoms with Crippen molar-refractivity contribution in [3.05, 3.63) is 156 Å². The minimum absolute atomic E-state index is 0.0888. The van der Waals surface area contributed by atoms with E-state index in [1.165, 1.54) is 33.0 Å². The average molecular weight is 620 g/mol. The van der Waals surface area contributed by atoms with Gasteiger partial charge in [0.25, 0.3) is 0 Å². The third-order valence-corrected chi connectivity index (χ3v) is 10.3. The molecule has 10 rings (SSSR count). The van der Waals surface area contributed by atoms with Gasteiger partial charge in [0.1, 0.15) is 11.4 Å². The first-order valence-electron chi connectivity index (χ1n) is 17.1. The lowest BCUT2D eigenvalue weighted by Gasteiger charge is -2.21. The molecule has 0 aliphatic heterocycles. The zero-order valence-corrected chi connectivity index (χ0v) is 26.6. The molecule has 1 unspecified atom stereocenters.